The molecular formula is C12H17ClN2. The highest BCUT2D eigenvalue weighted by molar-refractivity contribution is 6.33. The van der Waals surface area contributed by atoms with Crippen molar-refractivity contribution in [1.29, 1.82) is 0 Å². The Bertz CT molecular complexity index is 349. The van der Waals surface area contributed by atoms with Gasteiger partial charge in [-0.2, -0.15) is 0 Å². The van der Waals surface area contributed by atoms with E-state index in [0.717, 1.165) is 23.7 Å². The number of rotatable bonds is 2. The molecule has 0 aliphatic carbocycles. The maximum atomic E-state index is 6.15. The summed E-state index contributed by atoms with van der Waals surface area (Å²) < 4.78 is 0. The van der Waals surface area contributed by atoms with Gasteiger partial charge in [0, 0.05) is 18.6 Å². The van der Waals surface area contributed by atoms with Crippen LogP contribution >= 0.6 is 11.6 Å². The van der Waals surface area contributed by atoms with E-state index in [1.807, 2.05) is 12.1 Å². The fraction of sp³-hybridized carbons (Fsp3) is 0.500. The third-order valence-electron chi connectivity index (χ3n) is 2.69. The minimum Gasteiger partial charge on any atom is -0.383 e. The molecule has 0 aromatic heterocycles. The molecule has 1 aromatic carbocycles. The van der Waals surface area contributed by atoms with Gasteiger partial charge >= 0.3 is 0 Å². The number of para-hydroxylation sites is 1. The molecule has 1 aliphatic rings. The molecule has 1 aliphatic heterocycles. The molecule has 0 bridgehead atoms. The van der Waals surface area contributed by atoms with Gasteiger partial charge in [-0.1, -0.05) is 37.6 Å². The fourth-order valence-corrected chi connectivity index (χ4v) is 2.34. The van der Waals surface area contributed by atoms with Crippen LogP contribution in [0.25, 0.3) is 0 Å². The molecule has 0 saturated carbocycles. The summed E-state index contributed by atoms with van der Waals surface area (Å²) in [5, 5.41) is 7.75. The fourth-order valence-electron chi connectivity index (χ4n) is 2.09. The van der Waals surface area contributed by atoms with Gasteiger partial charge in [-0.05, 0) is 18.1 Å². The average Bonchev–Trinajstić information content (AvgIpc) is 2.19. The first-order valence-corrected chi connectivity index (χ1v) is 5.84. The van der Waals surface area contributed by atoms with E-state index >= 15 is 0 Å². The maximum Gasteiger partial charge on any atom is 0.0640 e. The van der Waals surface area contributed by atoms with E-state index in [-0.39, 0.29) is 0 Å². The lowest BCUT2D eigenvalue weighted by Gasteiger charge is -2.29. The van der Waals surface area contributed by atoms with Crippen molar-refractivity contribution in [2.24, 2.45) is 0 Å². The highest BCUT2D eigenvalue weighted by Crippen LogP contribution is 2.35. The van der Waals surface area contributed by atoms with Crippen LogP contribution < -0.4 is 10.6 Å². The molecule has 2 nitrogen and oxygen atoms in total. The van der Waals surface area contributed by atoms with E-state index in [4.69, 9.17) is 11.6 Å². The van der Waals surface area contributed by atoms with E-state index in [1.54, 1.807) is 0 Å². The second-order valence-electron chi connectivity index (χ2n) is 4.29. The standard InChI is InChI=1S/C12H17ClN2/c1-8(2)15-11-6-7-14-12-9(11)4-3-5-10(12)13/h3-5,8,11,14-15H,6-7H2,1-2H3. The first-order chi connectivity index (χ1) is 7.18. The van der Waals surface area contributed by atoms with Crippen molar-refractivity contribution in [3.05, 3.63) is 28.8 Å². The molecule has 1 aromatic rings. The van der Waals surface area contributed by atoms with E-state index in [2.05, 4.69) is 30.5 Å². The van der Waals surface area contributed by atoms with Gasteiger partial charge in [-0.15, -0.1) is 0 Å². The number of anilines is 1. The van der Waals surface area contributed by atoms with Crippen LogP contribution in [0.5, 0.6) is 0 Å². The zero-order valence-corrected chi connectivity index (χ0v) is 9.93. The highest BCUT2D eigenvalue weighted by Gasteiger charge is 2.21. The predicted octanol–water partition coefficient (Wildman–Crippen LogP) is 3.19. The van der Waals surface area contributed by atoms with Crippen LogP contribution in [0.3, 0.4) is 0 Å². The predicted molar refractivity (Wildman–Crippen MR) is 65.6 cm³/mol. The van der Waals surface area contributed by atoms with Crippen LogP contribution in [0.15, 0.2) is 18.2 Å². The number of nitrogens with one attached hydrogen (secondary N) is 2. The van der Waals surface area contributed by atoms with Crippen LogP contribution in [0.4, 0.5) is 5.69 Å². The smallest absolute Gasteiger partial charge is 0.0640 e. The van der Waals surface area contributed by atoms with E-state index in [9.17, 15) is 0 Å². The lowest BCUT2D eigenvalue weighted by Crippen LogP contribution is -2.32. The highest BCUT2D eigenvalue weighted by atomic mass is 35.5. The Morgan fingerprint density at radius 1 is 1.47 bits per heavy atom. The summed E-state index contributed by atoms with van der Waals surface area (Å²) in [5.41, 5.74) is 2.39. The van der Waals surface area contributed by atoms with E-state index in [1.165, 1.54) is 5.56 Å². The Hall–Kier alpha value is -0.730. The summed E-state index contributed by atoms with van der Waals surface area (Å²) in [6.45, 7) is 5.33. The van der Waals surface area contributed by atoms with Gasteiger partial charge in [0.25, 0.3) is 0 Å². The molecule has 82 valence electrons. The molecule has 2 rings (SSSR count). The lowest BCUT2D eigenvalue weighted by molar-refractivity contribution is 0.453. The Labute approximate surface area is 96.0 Å². The first kappa shape index (κ1) is 10.8. The maximum absolute atomic E-state index is 6.15. The topological polar surface area (TPSA) is 24.1 Å². The molecule has 0 fully saturated rings. The van der Waals surface area contributed by atoms with Crippen molar-refractivity contribution in [2.75, 3.05) is 11.9 Å². The normalized spacial score (nSPS) is 19.9. The summed E-state index contributed by atoms with van der Waals surface area (Å²) in [6, 6.07) is 7.03. The molecule has 1 unspecified atom stereocenters. The van der Waals surface area contributed by atoms with E-state index < -0.39 is 0 Å². The van der Waals surface area contributed by atoms with Crippen LogP contribution in [-0.4, -0.2) is 12.6 Å². The van der Waals surface area contributed by atoms with Crippen molar-refractivity contribution in [1.82, 2.24) is 5.32 Å². The van der Waals surface area contributed by atoms with Gasteiger partial charge in [0.05, 0.1) is 10.7 Å². The Balaban J connectivity index is 2.30. The number of benzene rings is 1. The molecule has 2 N–H and O–H groups in total. The minimum absolute atomic E-state index is 0.431. The SMILES string of the molecule is CC(C)NC1CCNc2c(Cl)cccc21. The average molecular weight is 225 g/mol. The lowest BCUT2D eigenvalue weighted by atomic mass is 9.97. The third kappa shape index (κ3) is 2.27. The second-order valence-corrected chi connectivity index (χ2v) is 4.70. The van der Waals surface area contributed by atoms with Crippen molar-refractivity contribution in [3.8, 4) is 0 Å². The molecule has 0 saturated heterocycles. The molecule has 0 radical (unpaired) electrons. The minimum atomic E-state index is 0.431. The van der Waals surface area contributed by atoms with E-state index in [0.29, 0.717) is 12.1 Å². The molecule has 3 heteroatoms. The molecule has 1 heterocycles. The summed E-state index contributed by atoms with van der Waals surface area (Å²) >= 11 is 6.15. The van der Waals surface area contributed by atoms with Gasteiger partial charge in [-0.25, -0.2) is 0 Å². The molecule has 0 spiro atoms. The second kappa shape index (κ2) is 4.42. The van der Waals surface area contributed by atoms with Gasteiger partial charge in [0.1, 0.15) is 0 Å². The molecule has 1 atom stereocenters. The van der Waals surface area contributed by atoms with Crippen molar-refractivity contribution in [3.63, 3.8) is 0 Å². The number of fused-ring (bicyclic) bond motifs is 1. The summed E-state index contributed by atoms with van der Waals surface area (Å²) in [7, 11) is 0. The molecular weight excluding hydrogens is 208 g/mol. The zero-order chi connectivity index (χ0) is 10.8. The van der Waals surface area contributed by atoms with Crippen molar-refractivity contribution in [2.45, 2.75) is 32.4 Å². The van der Waals surface area contributed by atoms with Crippen LogP contribution in [-0.2, 0) is 0 Å². The Morgan fingerprint density at radius 2 is 2.27 bits per heavy atom. The monoisotopic (exact) mass is 224 g/mol. The Morgan fingerprint density at radius 3 is 3.00 bits per heavy atom. The largest absolute Gasteiger partial charge is 0.383 e. The summed E-state index contributed by atoms with van der Waals surface area (Å²) in [5.74, 6) is 0. The van der Waals surface area contributed by atoms with Crippen LogP contribution in [0, 0.1) is 0 Å². The van der Waals surface area contributed by atoms with Gasteiger partial charge in [0.2, 0.25) is 0 Å². The van der Waals surface area contributed by atoms with Gasteiger partial charge < -0.3 is 10.6 Å². The van der Waals surface area contributed by atoms with Crippen molar-refractivity contribution < 1.29 is 0 Å². The third-order valence-corrected chi connectivity index (χ3v) is 3.01. The number of hydrogen-bond donors (Lipinski definition) is 2. The van der Waals surface area contributed by atoms with Gasteiger partial charge in [-0.3, -0.25) is 0 Å². The van der Waals surface area contributed by atoms with Crippen LogP contribution in [0.2, 0.25) is 5.02 Å². The molecule has 0 amide bonds. The quantitative estimate of drug-likeness (QED) is 0.806. The first-order valence-electron chi connectivity index (χ1n) is 5.47. The summed E-state index contributed by atoms with van der Waals surface area (Å²) in [6.07, 6.45) is 1.12. The van der Waals surface area contributed by atoms with Crippen molar-refractivity contribution >= 4 is 17.3 Å². The van der Waals surface area contributed by atoms with Gasteiger partial charge in [0.15, 0.2) is 0 Å². The number of hydrogen-bond acceptors (Lipinski definition) is 2. The number of halogens is 1. The molecule has 15 heavy (non-hydrogen) atoms. The summed E-state index contributed by atoms with van der Waals surface area (Å²) in [4.78, 5) is 0. The van der Waals surface area contributed by atoms with Crippen LogP contribution in [0.1, 0.15) is 31.9 Å². The zero-order valence-electron chi connectivity index (χ0n) is 9.18. The Kier molecular flexibility index (Phi) is 3.17.